The number of hydrogen-bond acceptors (Lipinski definition) is 5. The maximum atomic E-state index is 12.8. The summed E-state index contributed by atoms with van der Waals surface area (Å²) in [6.45, 7) is 3.63. The summed E-state index contributed by atoms with van der Waals surface area (Å²) in [6.07, 6.45) is -0.490. The van der Waals surface area contributed by atoms with Gasteiger partial charge in [0.1, 0.15) is 5.00 Å². The molecule has 2 aromatic rings. The Morgan fingerprint density at radius 3 is 2.40 bits per heavy atom. The van der Waals surface area contributed by atoms with Gasteiger partial charge in [0.15, 0.2) is 5.78 Å². The summed E-state index contributed by atoms with van der Waals surface area (Å²) >= 11 is 7.10. The second-order valence-corrected chi connectivity index (χ2v) is 7.18. The molecule has 1 amide bonds. The molecule has 25 heavy (non-hydrogen) atoms. The van der Waals surface area contributed by atoms with Crippen LogP contribution in [0.4, 0.5) is 5.00 Å². The lowest BCUT2D eigenvalue weighted by molar-refractivity contribution is -0.138. The highest BCUT2D eigenvalue weighted by molar-refractivity contribution is 7.16. The molecule has 132 valence electrons. The Bertz CT molecular complexity index is 830. The number of hydrogen-bond donors (Lipinski definition) is 3. The maximum Gasteiger partial charge on any atom is 0.305 e. The van der Waals surface area contributed by atoms with E-state index in [9.17, 15) is 14.4 Å². The largest absolute Gasteiger partial charge is 0.481 e. The Hall–Kier alpha value is -2.22. The summed E-state index contributed by atoms with van der Waals surface area (Å²) in [7, 11) is 0. The van der Waals surface area contributed by atoms with E-state index in [0.717, 1.165) is 10.4 Å². The molecule has 0 aliphatic carbocycles. The predicted octanol–water partition coefficient (Wildman–Crippen LogP) is 2.99. The van der Waals surface area contributed by atoms with E-state index in [1.165, 1.54) is 11.3 Å². The van der Waals surface area contributed by atoms with Crippen LogP contribution >= 0.6 is 22.9 Å². The molecule has 0 aliphatic heterocycles. The number of carbonyl (C=O) groups excluding carboxylic acids is 2. The number of nitrogens with two attached hydrogens (primary N) is 1. The standard InChI is InChI=1S/C17H17ClN2O4S/c1-8-9(2)25-17(20-16(24)12(19)7-13(21)22)14(8)15(23)10-3-5-11(18)6-4-10/h3-6,12H,7,19H2,1-2H3,(H,20,24)(H,21,22)/t12-/m0/s1. The summed E-state index contributed by atoms with van der Waals surface area (Å²) in [5.41, 5.74) is 7.15. The van der Waals surface area contributed by atoms with Crippen molar-refractivity contribution in [2.45, 2.75) is 26.3 Å². The Kier molecular flexibility index (Phi) is 5.94. The van der Waals surface area contributed by atoms with Crippen molar-refractivity contribution in [1.29, 1.82) is 0 Å². The van der Waals surface area contributed by atoms with Crippen LogP contribution in [0.1, 0.15) is 32.8 Å². The van der Waals surface area contributed by atoms with Crippen molar-refractivity contribution in [3.8, 4) is 0 Å². The minimum atomic E-state index is -1.20. The van der Waals surface area contributed by atoms with E-state index in [0.29, 0.717) is 21.2 Å². The number of halogens is 1. The number of benzene rings is 1. The number of rotatable bonds is 6. The number of carbonyl (C=O) groups is 3. The molecule has 1 atom stereocenters. The fourth-order valence-electron chi connectivity index (χ4n) is 2.22. The fraction of sp³-hybridized carbons (Fsp3) is 0.235. The van der Waals surface area contributed by atoms with Crippen molar-refractivity contribution < 1.29 is 19.5 Å². The van der Waals surface area contributed by atoms with Crippen molar-refractivity contribution in [2.24, 2.45) is 5.73 Å². The second kappa shape index (κ2) is 7.77. The topological polar surface area (TPSA) is 109 Å². The van der Waals surface area contributed by atoms with Crippen LogP contribution in [0.25, 0.3) is 0 Å². The lowest BCUT2D eigenvalue weighted by Crippen LogP contribution is -2.37. The van der Waals surface area contributed by atoms with E-state index < -0.39 is 24.3 Å². The van der Waals surface area contributed by atoms with Crippen molar-refractivity contribution in [1.82, 2.24) is 0 Å². The zero-order valence-corrected chi connectivity index (χ0v) is 15.2. The molecule has 0 unspecified atom stereocenters. The smallest absolute Gasteiger partial charge is 0.305 e. The second-order valence-electron chi connectivity index (χ2n) is 5.52. The highest BCUT2D eigenvalue weighted by Crippen LogP contribution is 2.34. The van der Waals surface area contributed by atoms with Gasteiger partial charge in [-0.2, -0.15) is 0 Å². The number of amides is 1. The highest BCUT2D eigenvalue weighted by Gasteiger charge is 2.24. The molecule has 1 aromatic carbocycles. The van der Waals surface area contributed by atoms with Crippen LogP contribution in [0, 0.1) is 13.8 Å². The van der Waals surface area contributed by atoms with Gasteiger partial charge >= 0.3 is 5.97 Å². The molecule has 2 rings (SSSR count). The monoisotopic (exact) mass is 380 g/mol. The molecule has 0 saturated heterocycles. The molecular formula is C17H17ClN2O4S. The Morgan fingerprint density at radius 1 is 1.24 bits per heavy atom. The van der Waals surface area contributed by atoms with Gasteiger partial charge in [0.05, 0.1) is 18.0 Å². The first-order valence-corrected chi connectivity index (χ1v) is 8.58. The van der Waals surface area contributed by atoms with Gasteiger partial charge in [-0.1, -0.05) is 11.6 Å². The number of carboxylic acid groups (broad SMARTS) is 1. The molecule has 0 bridgehead atoms. The third-order valence-corrected chi connectivity index (χ3v) is 5.06. The number of anilines is 1. The lowest BCUT2D eigenvalue weighted by Gasteiger charge is -2.11. The van der Waals surface area contributed by atoms with Gasteiger partial charge in [-0.3, -0.25) is 14.4 Å². The molecule has 0 radical (unpaired) electrons. The van der Waals surface area contributed by atoms with Crippen LogP contribution < -0.4 is 11.1 Å². The molecule has 0 spiro atoms. The first-order chi connectivity index (χ1) is 11.7. The highest BCUT2D eigenvalue weighted by atomic mass is 35.5. The molecule has 0 fully saturated rings. The van der Waals surface area contributed by atoms with Gasteiger partial charge in [0, 0.05) is 15.5 Å². The zero-order valence-electron chi connectivity index (χ0n) is 13.6. The maximum absolute atomic E-state index is 12.8. The number of ketones is 1. The predicted molar refractivity (Wildman–Crippen MR) is 97.5 cm³/mol. The van der Waals surface area contributed by atoms with Crippen LogP contribution in [0.2, 0.25) is 5.02 Å². The minimum absolute atomic E-state index is 0.249. The molecule has 1 aromatic heterocycles. The Balaban J connectivity index is 2.33. The van der Waals surface area contributed by atoms with Crippen LogP contribution in [0.3, 0.4) is 0 Å². The molecular weight excluding hydrogens is 364 g/mol. The Morgan fingerprint density at radius 2 is 1.84 bits per heavy atom. The van der Waals surface area contributed by atoms with Crippen molar-refractivity contribution in [2.75, 3.05) is 5.32 Å². The number of aliphatic carboxylic acids is 1. The summed E-state index contributed by atoms with van der Waals surface area (Å²) < 4.78 is 0. The van der Waals surface area contributed by atoms with Gasteiger partial charge in [-0.05, 0) is 43.7 Å². The van der Waals surface area contributed by atoms with Crippen LogP contribution in [-0.2, 0) is 9.59 Å². The van der Waals surface area contributed by atoms with Crippen LogP contribution in [-0.4, -0.2) is 28.8 Å². The van der Waals surface area contributed by atoms with Gasteiger partial charge in [-0.25, -0.2) is 0 Å². The fourth-order valence-corrected chi connectivity index (χ4v) is 3.41. The summed E-state index contributed by atoms with van der Waals surface area (Å²) in [4.78, 5) is 36.5. The van der Waals surface area contributed by atoms with E-state index in [1.807, 2.05) is 6.92 Å². The van der Waals surface area contributed by atoms with Crippen molar-refractivity contribution in [3.63, 3.8) is 0 Å². The molecule has 8 heteroatoms. The normalized spacial score (nSPS) is 11.8. The third kappa shape index (κ3) is 4.45. The van der Waals surface area contributed by atoms with Gasteiger partial charge in [0.2, 0.25) is 5.91 Å². The molecule has 0 saturated carbocycles. The lowest BCUT2D eigenvalue weighted by atomic mass is 10.0. The first-order valence-electron chi connectivity index (χ1n) is 7.39. The van der Waals surface area contributed by atoms with Crippen molar-refractivity contribution >= 4 is 45.6 Å². The summed E-state index contributed by atoms with van der Waals surface area (Å²) in [5, 5.41) is 12.2. The molecule has 6 nitrogen and oxygen atoms in total. The van der Waals surface area contributed by atoms with Gasteiger partial charge in [-0.15, -0.1) is 11.3 Å². The number of nitrogens with one attached hydrogen (secondary N) is 1. The number of carboxylic acids is 1. The number of thiophene rings is 1. The summed E-state index contributed by atoms with van der Waals surface area (Å²) in [6, 6.07) is 5.26. The van der Waals surface area contributed by atoms with E-state index >= 15 is 0 Å². The summed E-state index contributed by atoms with van der Waals surface area (Å²) in [5.74, 6) is -2.06. The minimum Gasteiger partial charge on any atom is -0.481 e. The van der Waals surface area contributed by atoms with E-state index in [2.05, 4.69) is 5.32 Å². The van der Waals surface area contributed by atoms with Gasteiger partial charge < -0.3 is 16.2 Å². The number of aryl methyl sites for hydroxylation is 1. The van der Waals surface area contributed by atoms with Gasteiger partial charge in [0.25, 0.3) is 0 Å². The van der Waals surface area contributed by atoms with Crippen LogP contribution in [0.5, 0.6) is 0 Å². The van der Waals surface area contributed by atoms with Crippen LogP contribution in [0.15, 0.2) is 24.3 Å². The zero-order chi connectivity index (χ0) is 18.7. The average Bonchev–Trinajstić information content (AvgIpc) is 2.81. The van der Waals surface area contributed by atoms with E-state index in [-0.39, 0.29) is 5.78 Å². The average molecular weight is 381 g/mol. The van der Waals surface area contributed by atoms with E-state index in [4.69, 9.17) is 22.4 Å². The molecule has 4 N–H and O–H groups in total. The Labute approximate surface area is 153 Å². The quantitative estimate of drug-likeness (QED) is 0.667. The first kappa shape index (κ1) is 19.1. The molecule has 0 aliphatic rings. The molecule has 1 heterocycles. The van der Waals surface area contributed by atoms with Crippen molar-refractivity contribution in [3.05, 3.63) is 50.9 Å². The van der Waals surface area contributed by atoms with E-state index in [1.54, 1.807) is 31.2 Å². The third-order valence-electron chi connectivity index (χ3n) is 3.69. The SMILES string of the molecule is Cc1sc(NC(=O)[C@@H](N)CC(=O)O)c(C(=O)c2ccc(Cl)cc2)c1C.